The van der Waals surface area contributed by atoms with E-state index in [-0.39, 0.29) is 11.8 Å². The summed E-state index contributed by atoms with van der Waals surface area (Å²) in [6.45, 7) is 1.30. The van der Waals surface area contributed by atoms with Gasteiger partial charge >= 0.3 is 0 Å². The first-order valence-electron chi connectivity index (χ1n) is 5.48. The van der Waals surface area contributed by atoms with Gasteiger partial charge in [0.05, 0.1) is 17.6 Å². The van der Waals surface area contributed by atoms with Crippen molar-refractivity contribution in [1.29, 1.82) is 0 Å². The third kappa shape index (κ3) is 2.85. The lowest BCUT2D eigenvalue weighted by atomic mass is 10.3. The molecule has 1 aliphatic carbocycles. The molecule has 0 radical (unpaired) electrons. The maximum absolute atomic E-state index is 11.3. The van der Waals surface area contributed by atoms with E-state index in [4.69, 9.17) is 5.73 Å². The minimum absolute atomic E-state index is 0.171. The molecule has 0 atom stereocenters. The molecule has 0 bridgehead atoms. The molecule has 16 heavy (non-hydrogen) atoms. The average Bonchev–Trinajstić information content (AvgIpc) is 3.10. The number of amides is 1. The maximum Gasteiger partial charge on any atom is 0.223 e. The minimum atomic E-state index is 0.171. The van der Waals surface area contributed by atoms with Crippen molar-refractivity contribution in [1.82, 2.24) is 10.3 Å². The summed E-state index contributed by atoms with van der Waals surface area (Å²) in [5.41, 5.74) is 7.19. The molecule has 1 aromatic heterocycles. The number of nitrogen functional groups attached to an aromatic ring is 1. The number of carbonyl (C=O) groups excluding carboxylic acids is 1. The van der Waals surface area contributed by atoms with Crippen LogP contribution in [-0.2, 0) is 4.79 Å². The van der Waals surface area contributed by atoms with Crippen molar-refractivity contribution in [3.05, 3.63) is 18.5 Å². The molecular weight excluding hydrogens is 204 g/mol. The number of nitrogens with two attached hydrogens (primary N) is 1. The molecule has 1 heterocycles. The van der Waals surface area contributed by atoms with Crippen LogP contribution < -0.4 is 16.4 Å². The standard InChI is InChI=1S/C11H16N4O/c12-9-7-13-4-3-10(9)14-5-6-15-11(16)8-1-2-8/h3-4,7-8H,1-2,5-6,12H2,(H,13,14)(H,15,16). The normalized spacial score (nSPS) is 14.5. The Morgan fingerprint density at radius 2 is 2.31 bits per heavy atom. The van der Waals surface area contributed by atoms with Crippen LogP contribution in [0.2, 0.25) is 0 Å². The van der Waals surface area contributed by atoms with Crippen molar-refractivity contribution in [3.63, 3.8) is 0 Å². The van der Waals surface area contributed by atoms with Crippen LogP contribution in [0.1, 0.15) is 12.8 Å². The molecule has 1 aromatic rings. The van der Waals surface area contributed by atoms with Gasteiger partial charge in [0.15, 0.2) is 0 Å². The first-order valence-corrected chi connectivity index (χ1v) is 5.48. The van der Waals surface area contributed by atoms with E-state index in [2.05, 4.69) is 15.6 Å². The smallest absolute Gasteiger partial charge is 0.223 e. The highest BCUT2D eigenvalue weighted by Gasteiger charge is 2.28. The van der Waals surface area contributed by atoms with Crippen LogP contribution in [0.5, 0.6) is 0 Å². The molecule has 0 aromatic carbocycles. The van der Waals surface area contributed by atoms with Crippen molar-refractivity contribution in [3.8, 4) is 0 Å². The lowest BCUT2D eigenvalue weighted by molar-refractivity contribution is -0.122. The summed E-state index contributed by atoms with van der Waals surface area (Å²) in [4.78, 5) is 15.2. The fraction of sp³-hybridized carbons (Fsp3) is 0.455. The van der Waals surface area contributed by atoms with Crippen LogP contribution in [0.3, 0.4) is 0 Å². The van der Waals surface area contributed by atoms with E-state index in [1.165, 1.54) is 0 Å². The van der Waals surface area contributed by atoms with Crippen LogP contribution >= 0.6 is 0 Å². The van der Waals surface area contributed by atoms with Gasteiger partial charge in [0, 0.05) is 25.2 Å². The van der Waals surface area contributed by atoms with E-state index in [9.17, 15) is 4.79 Å². The molecule has 1 fully saturated rings. The Bertz CT molecular complexity index is 376. The summed E-state index contributed by atoms with van der Waals surface area (Å²) in [6, 6.07) is 1.82. The van der Waals surface area contributed by atoms with Gasteiger partial charge in [-0.1, -0.05) is 0 Å². The Balaban J connectivity index is 1.67. The summed E-state index contributed by atoms with van der Waals surface area (Å²) in [6.07, 6.45) is 5.36. The van der Waals surface area contributed by atoms with E-state index < -0.39 is 0 Å². The van der Waals surface area contributed by atoms with Crippen molar-refractivity contribution in [2.75, 3.05) is 24.1 Å². The summed E-state index contributed by atoms with van der Waals surface area (Å²) >= 11 is 0. The molecular formula is C11H16N4O. The number of anilines is 2. The lowest BCUT2D eigenvalue weighted by Crippen LogP contribution is -2.29. The zero-order chi connectivity index (χ0) is 11.4. The molecule has 2 rings (SSSR count). The second kappa shape index (κ2) is 4.83. The highest BCUT2D eigenvalue weighted by atomic mass is 16.2. The molecule has 0 saturated heterocycles. The second-order valence-electron chi connectivity index (χ2n) is 3.96. The van der Waals surface area contributed by atoms with Crippen LogP contribution in [0.4, 0.5) is 11.4 Å². The van der Waals surface area contributed by atoms with Crippen molar-refractivity contribution >= 4 is 17.3 Å². The summed E-state index contributed by atoms with van der Waals surface area (Å²) in [7, 11) is 0. The zero-order valence-corrected chi connectivity index (χ0v) is 9.07. The Labute approximate surface area is 94.4 Å². The Kier molecular flexibility index (Phi) is 3.24. The first kappa shape index (κ1) is 10.7. The van der Waals surface area contributed by atoms with Crippen LogP contribution in [0.15, 0.2) is 18.5 Å². The SMILES string of the molecule is Nc1cnccc1NCCNC(=O)C1CC1. The number of carbonyl (C=O) groups is 1. The molecule has 0 spiro atoms. The number of hydrogen-bond acceptors (Lipinski definition) is 4. The predicted octanol–water partition coefficient (Wildman–Crippen LogP) is 0.602. The van der Waals surface area contributed by atoms with Gasteiger partial charge in [0.2, 0.25) is 5.91 Å². The van der Waals surface area contributed by atoms with E-state index in [0.717, 1.165) is 18.5 Å². The number of pyridine rings is 1. The van der Waals surface area contributed by atoms with E-state index >= 15 is 0 Å². The minimum Gasteiger partial charge on any atom is -0.396 e. The molecule has 1 aliphatic rings. The van der Waals surface area contributed by atoms with E-state index in [0.29, 0.717) is 18.8 Å². The monoisotopic (exact) mass is 220 g/mol. The van der Waals surface area contributed by atoms with Crippen molar-refractivity contribution in [2.45, 2.75) is 12.8 Å². The van der Waals surface area contributed by atoms with Gasteiger partial charge in [-0.2, -0.15) is 0 Å². The highest BCUT2D eigenvalue weighted by Crippen LogP contribution is 2.28. The van der Waals surface area contributed by atoms with Crippen LogP contribution in [0.25, 0.3) is 0 Å². The molecule has 1 saturated carbocycles. The summed E-state index contributed by atoms with van der Waals surface area (Å²) < 4.78 is 0. The maximum atomic E-state index is 11.3. The average molecular weight is 220 g/mol. The van der Waals surface area contributed by atoms with Crippen LogP contribution in [-0.4, -0.2) is 24.0 Å². The summed E-state index contributed by atoms with van der Waals surface area (Å²) in [5.74, 6) is 0.440. The Morgan fingerprint density at radius 1 is 1.50 bits per heavy atom. The fourth-order valence-electron chi connectivity index (χ4n) is 1.44. The van der Waals surface area contributed by atoms with Gasteiger partial charge in [-0.15, -0.1) is 0 Å². The first-order chi connectivity index (χ1) is 7.77. The number of nitrogens with zero attached hydrogens (tertiary/aromatic N) is 1. The molecule has 5 heteroatoms. The van der Waals surface area contributed by atoms with Gasteiger partial charge in [-0.3, -0.25) is 9.78 Å². The Morgan fingerprint density at radius 3 is 3.00 bits per heavy atom. The topological polar surface area (TPSA) is 80.0 Å². The quantitative estimate of drug-likeness (QED) is 0.635. The number of rotatable bonds is 5. The zero-order valence-electron chi connectivity index (χ0n) is 9.07. The van der Waals surface area contributed by atoms with Gasteiger partial charge in [0.25, 0.3) is 0 Å². The second-order valence-corrected chi connectivity index (χ2v) is 3.96. The van der Waals surface area contributed by atoms with Gasteiger partial charge in [-0.05, 0) is 18.9 Å². The van der Waals surface area contributed by atoms with Gasteiger partial charge in [0.1, 0.15) is 0 Å². The molecule has 0 aliphatic heterocycles. The lowest BCUT2D eigenvalue weighted by Gasteiger charge is -2.09. The predicted molar refractivity (Wildman–Crippen MR) is 62.9 cm³/mol. The van der Waals surface area contributed by atoms with E-state index in [1.54, 1.807) is 12.4 Å². The molecule has 86 valence electrons. The largest absolute Gasteiger partial charge is 0.396 e. The highest BCUT2D eigenvalue weighted by molar-refractivity contribution is 5.80. The fourth-order valence-corrected chi connectivity index (χ4v) is 1.44. The van der Waals surface area contributed by atoms with E-state index in [1.807, 2.05) is 6.07 Å². The van der Waals surface area contributed by atoms with Gasteiger partial charge in [-0.25, -0.2) is 0 Å². The third-order valence-corrected chi connectivity index (χ3v) is 2.54. The van der Waals surface area contributed by atoms with Crippen LogP contribution in [0, 0.1) is 5.92 Å². The number of nitrogens with one attached hydrogen (secondary N) is 2. The number of hydrogen-bond donors (Lipinski definition) is 3. The van der Waals surface area contributed by atoms with Crippen molar-refractivity contribution in [2.24, 2.45) is 5.92 Å². The van der Waals surface area contributed by atoms with Gasteiger partial charge < -0.3 is 16.4 Å². The molecule has 0 unspecified atom stereocenters. The third-order valence-electron chi connectivity index (χ3n) is 2.54. The number of aromatic nitrogens is 1. The van der Waals surface area contributed by atoms with Crippen molar-refractivity contribution < 1.29 is 4.79 Å². The molecule has 4 N–H and O–H groups in total. The Hall–Kier alpha value is -1.78. The summed E-state index contributed by atoms with van der Waals surface area (Å²) in [5, 5.41) is 6.02. The molecule has 5 nitrogen and oxygen atoms in total. The molecule has 1 amide bonds.